The predicted octanol–water partition coefficient (Wildman–Crippen LogP) is 2.85. The van der Waals surface area contributed by atoms with Gasteiger partial charge < -0.3 is 16.0 Å². The zero-order chi connectivity index (χ0) is 21.1. The number of hydrogen-bond acceptors (Lipinski definition) is 7. The van der Waals surface area contributed by atoms with Gasteiger partial charge in [0.25, 0.3) is 5.69 Å². The summed E-state index contributed by atoms with van der Waals surface area (Å²) in [6, 6.07) is 12.1. The fourth-order valence-corrected chi connectivity index (χ4v) is 3.74. The zero-order valence-corrected chi connectivity index (χ0v) is 16.3. The van der Waals surface area contributed by atoms with E-state index < -0.39 is 4.92 Å². The van der Waals surface area contributed by atoms with E-state index in [9.17, 15) is 14.9 Å². The average Bonchev–Trinajstić information content (AvgIpc) is 2.77. The Kier molecular flexibility index (Phi) is 5.42. The monoisotopic (exact) mass is 406 g/mol. The van der Waals surface area contributed by atoms with Crippen LogP contribution in [0.4, 0.5) is 17.3 Å². The van der Waals surface area contributed by atoms with E-state index >= 15 is 0 Å². The molecule has 30 heavy (non-hydrogen) atoms. The Morgan fingerprint density at radius 2 is 2.03 bits per heavy atom. The van der Waals surface area contributed by atoms with Crippen molar-refractivity contribution in [3.63, 3.8) is 0 Å². The molecule has 1 saturated heterocycles. The van der Waals surface area contributed by atoms with Crippen molar-refractivity contribution in [2.45, 2.75) is 19.4 Å². The number of carbonyl (C=O) groups is 1. The molecule has 1 fully saturated rings. The van der Waals surface area contributed by atoms with Gasteiger partial charge in [0.15, 0.2) is 0 Å². The van der Waals surface area contributed by atoms with Crippen LogP contribution in [0.15, 0.2) is 48.7 Å². The summed E-state index contributed by atoms with van der Waals surface area (Å²) in [7, 11) is 0. The number of aromatic nitrogens is 2. The van der Waals surface area contributed by atoms with Crippen LogP contribution < -0.4 is 16.0 Å². The number of non-ortho nitro benzene ring substituents is 1. The molecule has 4 rings (SSSR count). The Labute approximate surface area is 173 Å². The van der Waals surface area contributed by atoms with Gasteiger partial charge in [-0.2, -0.15) is 0 Å². The quantitative estimate of drug-likeness (QED) is 0.476. The molecule has 0 aliphatic carbocycles. The molecule has 3 aromatic rings. The number of anilines is 2. The number of nitrogens with zero attached hydrogens (tertiary/aromatic N) is 4. The Balaban J connectivity index is 1.47. The van der Waals surface area contributed by atoms with Crippen LogP contribution in [0.5, 0.6) is 0 Å². The molecule has 0 saturated carbocycles. The van der Waals surface area contributed by atoms with E-state index in [1.54, 1.807) is 18.3 Å². The SMILES string of the molecule is NC(=O)C1CCN(c2ncccc2CNc2ccc3cc([N+](=O)[O-])ccc3n2)CC1. The number of primary amides is 1. The number of carbonyl (C=O) groups excluding carboxylic acids is 1. The van der Waals surface area contributed by atoms with Crippen molar-refractivity contribution in [3.8, 4) is 0 Å². The van der Waals surface area contributed by atoms with Crippen LogP contribution in [0.2, 0.25) is 0 Å². The smallest absolute Gasteiger partial charge is 0.270 e. The summed E-state index contributed by atoms with van der Waals surface area (Å²) < 4.78 is 0. The van der Waals surface area contributed by atoms with Crippen LogP contribution in [-0.2, 0) is 11.3 Å². The number of amides is 1. The van der Waals surface area contributed by atoms with Crippen LogP contribution >= 0.6 is 0 Å². The number of piperidine rings is 1. The lowest BCUT2D eigenvalue weighted by molar-refractivity contribution is -0.384. The molecular formula is C21H22N6O3. The third kappa shape index (κ3) is 4.14. The van der Waals surface area contributed by atoms with E-state index in [0.717, 1.165) is 37.3 Å². The molecule has 154 valence electrons. The van der Waals surface area contributed by atoms with Gasteiger partial charge in [-0.25, -0.2) is 9.97 Å². The molecule has 2 aromatic heterocycles. The first kappa shape index (κ1) is 19.6. The lowest BCUT2D eigenvalue weighted by atomic mass is 9.96. The maximum absolute atomic E-state index is 11.4. The summed E-state index contributed by atoms with van der Waals surface area (Å²) in [6.45, 7) is 2.01. The number of nitro benzene ring substituents is 1. The van der Waals surface area contributed by atoms with Gasteiger partial charge in [-0.15, -0.1) is 0 Å². The Morgan fingerprint density at radius 1 is 1.23 bits per heavy atom. The molecule has 3 N–H and O–H groups in total. The second kappa shape index (κ2) is 8.32. The summed E-state index contributed by atoms with van der Waals surface area (Å²) in [6.07, 6.45) is 3.23. The second-order valence-corrected chi connectivity index (χ2v) is 7.33. The second-order valence-electron chi connectivity index (χ2n) is 7.33. The van der Waals surface area contributed by atoms with Gasteiger partial charge in [0.1, 0.15) is 11.6 Å². The third-order valence-electron chi connectivity index (χ3n) is 5.41. The molecule has 0 spiro atoms. The zero-order valence-electron chi connectivity index (χ0n) is 16.3. The molecule has 1 amide bonds. The van der Waals surface area contributed by atoms with E-state index in [0.29, 0.717) is 23.3 Å². The summed E-state index contributed by atoms with van der Waals surface area (Å²) in [5.74, 6) is 1.28. The molecule has 9 nitrogen and oxygen atoms in total. The van der Waals surface area contributed by atoms with Gasteiger partial charge in [0, 0.05) is 54.8 Å². The largest absolute Gasteiger partial charge is 0.369 e. The highest BCUT2D eigenvalue weighted by Gasteiger charge is 2.24. The highest BCUT2D eigenvalue weighted by Crippen LogP contribution is 2.26. The molecule has 1 aromatic carbocycles. The Bertz CT molecular complexity index is 1100. The number of nitrogens with one attached hydrogen (secondary N) is 1. The minimum atomic E-state index is -0.415. The number of hydrogen-bond donors (Lipinski definition) is 2. The number of rotatable bonds is 6. The molecule has 9 heteroatoms. The average molecular weight is 406 g/mol. The van der Waals surface area contributed by atoms with Crippen molar-refractivity contribution >= 4 is 34.1 Å². The van der Waals surface area contributed by atoms with Gasteiger partial charge in [-0.3, -0.25) is 14.9 Å². The Morgan fingerprint density at radius 3 is 2.77 bits per heavy atom. The number of nitrogens with two attached hydrogens (primary N) is 1. The summed E-state index contributed by atoms with van der Waals surface area (Å²) in [5.41, 5.74) is 7.19. The lowest BCUT2D eigenvalue weighted by Crippen LogP contribution is -2.39. The minimum absolute atomic E-state index is 0.0464. The van der Waals surface area contributed by atoms with Crippen LogP contribution in [-0.4, -0.2) is 33.9 Å². The highest BCUT2D eigenvalue weighted by molar-refractivity contribution is 5.82. The van der Waals surface area contributed by atoms with Crippen molar-refractivity contribution in [1.29, 1.82) is 0 Å². The standard InChI is InChI=1S/C21H22N6O3/c22-20(28)14-7-10-26(11-8-14)21-16(2-1-9-23-21)13-24-19-6-3-15-12-17(27(29)30)4-5-18(15)25-19/h1-6,9,12,14H,7-8,10-11,13H2,(H2,22,28)(H,24,25). The van der Waals surface area contributed by atoms with Crippen LogP contribution in [0.25, 0.3) is 10.9 Å². The normalized spacial score (nSPS) is 14.6. The van der Waals surface area contributed by atoms with Gasteiger partial charge in [0.05, 0.1) is 10.4 Å². The fraction of sp³-hybridized carbons (Fsp3) is 0.286. The first-order chi connectivity index (χ1) is 14.5. The number of pyridine rings is 2. The van der Waals surface area contributed by atoms with Crippen molar-refractivity contribution in [2.75, 3.05) is 23.3 Å². The first-order valence-corrected chi connectivity index (χ1v) is 9.78. The van der Waals surface area contributed by atoms with Crippen molar-refractivity contribution < 1.29 is 9.72 Å². The van der Waals surface area contributed by atoms with Crippen LogP contribution in [0, 0.1) is 16.0 Å². The third-order valence-corrected chi connectivity index (χ3v) is 5.41. The van der Waals surface area contributed by atoms with E-state index in [-0.39, 0.29) is 17.5 Å². The van der Waals surface area contributed by atoms with Crippen molar-refractivity contribution in [2.24, 2.45) is 11.7 Å². The molecule has 0 unspecified atom stereocenters. The van der Waals surface area contributed by atoms with E-state index in [4.69, 9.17) is 5.73 Å². The predicted molar refractivity (Wildman–Crippen MR) is 114 cm³/mol. The fourth-order valence-electron chi connectivity index (χ4n) is 3.74. The topological polar surface area (TPSA) is 127 Å². The highest BCUT2D eigenvalue weighted by atomic mass is 16.6. The molecular weight excluding hydrogens is 384 g/mol. The maximum Gasteiger partial charge on any atom is 0.270 e. The van der Waals surface area contributed by atoms with E-state index in [1.165, 1.54) is 12.1 Å². The van der Waals surface area contributed by atoms with Gasteiger partial charge in [-0.1, -0.05) is 6.07 Å². The molecule has 0 bridgehead atoms. The summed E-state index contributed by atoms with van der Waals surface area (Å²) in [5, 5.41) is 15.0. The van der Waals surface area contributed by atoms with Crippen molar-refractivity contribution in [1.82, 2.24) is 9.97 Å². The van der Waals surface area contributed by atoms with Crippen LogP contribution in [0.3, 0.4) is 0 Å². The molecule has 1 aliphatic heterocycles. The number of fused-ring (bicyclic) bond motifs is 1. The van der Waals surface area contributed by atoms with Gasteiger partial charge in [0.2, 0.25) is 5.91 Å². The van der Waals surface area contributed by atoms with E-state index in [1.807, 2.05) is 18.2 Å². The van der Waals surface area contributed by atoms with Crippen molar-refractivity contribution in [3.05, 3.63) is 64.3 Å². The molecule has 0 atom stereocenters. The number of benzene rings is 1. The van der Waals surface area contributed by atoms with Gasteiger partial charge >= 0.3 is 0 Å². The molecule has 1 aliphatic rings. The van der Waals surface area contributed by atoms with E-state index in [2.05, 4.69) is 20.2 Å². The molecule has 0 radical (unpaired) electrons. The first-order valence-electron chi connectivity index (χ1n) is 9.78. The summed E-state index contributed by atoms with van der Waals surface area (Å²) in [4.78, 5) is 33.2. The Hall–Kier alpha value is -3.75. The number of nitro groups is 1. The van der Waals surface area contributed by atoms with Crippen LogP contribution in [0.1, 0.15) is 18.4 Å². The maximum atomic E-state index is 11.4. The molecule has 3 heterocycles. The summed E-state index contributed by atoms with van der Waals surface area (Å²) >= 11 is 0. The minimum Gasteiger partial charge on any atom is -0.369 e. The lowest BCUT2D eigenvalue weighted by Gasteiger charge is -2.32. The van der Waals surface area contributed by atoms with Gasteiger partial charge in [-0.05, 0) is 37.1 Å².